The van der Waals surface area contributed by atoms with E-state index in [9.17, 15) is 14.4 Å². The summed E-state index contributed by atoms with van der Waals surface area (Å²) in [6, 6.07) is 9.59. The molecule has 24 heavy (non-hydrogen) atoms. The number of nitrogens with zero attached hydrogens (tertiary/aromatic N) is 1. The first-order valence-corrected chi connectivity index (χ1v) is 8.02. The zero-order chi connectivity index (χ0) is 18.2. The summed E-state index contributed by atoms with van der Waals surface area (Å²) in [6.45, 7) is 5.83. The summed E-state index contributed by atoms with van der Waals surface area (Å²) < 4.78 is 0. The molecule has 0 saturated carbocycles. The van der Waals surface area contributed by atoms with Crippen LogP contribution in [0.15, 0.2) is 30.3 Å². The normalized spacial score (nSPS) is 11.0. The van der Waals surface area contributed by atoms with Crippen LogP contribution in [0.25, 0.3) is 0 Å². The molecule has 0 aromatic heterocycles. The van der Waals surface area contributed by atoms with Gasteiger partial charge in [-0.3, -0.25) is 14.4 Å². The van der Waals surface area contributed by atoms with Gasteiger partial charge in [-0.05, 0) is 25.8 Å². The molecule has 6 heteroatoms. The Morgan fingerprint density at radius 2 is 1.79 bits per heavy atom. The molecular formula is C18H26N2O4. The first-order chi connectivity index (χ1) is 11.2. The topological polar surface area (TPSA) is 86.7 Å². The number of nitrogens with one attached hydrogen (secondary N) is 1. The maximum Gasteiger partial charge on any atom is 0.309 e. The molecule has 2 amide bonds. The van der Waals surface area contributed by atoms with Crippen molar-refractivity contribution in [2.24, 2.45) is 5.41 Å². The highest BCUT2D eigenvalue weighted by Crippen LogP contribution is 2.19. The molecule has 1 rings (SSSR count). The lowest BCUT2D eigenvalue weighted by atomic mass is 9.90. The first kappa shape index (κ1) is 19.7. The molecule has 1 aromatic carbocycles. The molecule has 0 saturated heterocycles. The van der Waals surface area contributed by atoms with E-state index in [1.165, 1.54) is 6.92 Å². The number of carboxylic acid groups (broad SMARTS) is 1. The predicted molar refractivity (Wildman–Crippen MR) is 91.2 cm³/mol. The van der Waals surface area contributed by atoms with Crippen molar-refractivity contribution in [3.05, 3.63) is 35.9 Å². The molecule has 0 atom stereocenters. The number of carbonyl (C=O) groups excluding carboxylic acids is 2. The van der Waals surface area contributed by atoms with Gasteiger partial charge in [0.05, 0.1) is 5.41 Å². The monoisotopic (exact) mass is 334 g/mol. The minimum absolute atomic E-state index is 0.0846. The summed E-state index contributed by atoms with van der Waals surface area (Å²) >= 11 is 0. The Balaban J connectivity index is 2.40. The van der Waals surface area contributed by atoms with Crippen molar-refractivity contribution < 1.29 is 19.5 Å². The van der Waals surface area contributed by atoms with E-state index in [1.807, 2.05) is 30.3 Å². The third-order valence-electron chi connectivity index (χ3n) is 3.92. The molecule has 2 N–H and O–H groups in total. The van der Waals surface area contributed by atoms with Crippen LogP contribution in [0.2, 0.25) is 0 Å². The van der Waals surface area contributed by atoms with E-state index in [2.05, 4.69) is 5.32 Å². The van der Waals surface area contributed by atoms with Crippen molar-refractivity contribution in [3.63, 3.8) is 0 Å². The smallest absolute Gasteiger partial charge is 0.309 e. The third-order valence-corrected chi connectivity index (χ3v) is 3.92. The van der Waals surface area contributed by atoms with Gasteiger partial charge in [-0.15, -0.1) is 0 Å². The largest absolute Gasteiger partial charge is 0.481 e. The fourth-order valence-corrected chi connectivity index (χ4v) is 2.10. The Labute approximate surface area is 142 Å². The second-order valence-corrected chi connectivity index (χ2v) is 6.47. The summed E-state index contributed by atoms with van der Waals surface area (Å²) in [5.74, 6) is -1.16. The van der Waals surface area contributed by atoms with Gasteiger partial charge in [0, 0.05) is 33.0 Å². The zero-order valence-electron chi connectivity index (χ0n) is 14.5. The molecule has 6 nitrogen and oxygen atoms in total. The second kappa shape index (κ2) is 9.05. The molecule has 0 heterocycles. The minimum atomic E-state index is -0.887. The van der Waals surface area contributed by atoms with Gasteiger partial charge in [0.15, 0.2) is 0 Å². The van der Waals surface area contributed by atoms with Crippen LogP contribution in [-0.4, -0.2) is 40.9 Å². The Hall–Kier alpha value is -2.37. The summed E-state index contributed by atoms with van der Waals surface area (Å²) in [5.41, 5.74) is 0.141. The van der Waals surface area contributed by atoms with Gasteiger partial charge in [-0.1, -0.05) is 30.3 Å². The molecule has 0 radical (unpaired) electrons. The van der Waals surface area contributed by atoms with Crippen LogP contribution in [0.3, 0.4) is 0 Å². The molecule has 0 unspecified atom stereocenters. The molecule has 132 valence electrons. The third kappa shape index (κ3) is 6.81. The van der Waals surface area contributed by atoms with Crippen LogP contribution < -0.4 is 5.32 Å². The first-order valence-electron chi connectivity index (χ1n) is 8.02. The molecule has 0 aliphatic rings. The van der Waals surface area contributed by atoms with Gasteiger partial charge < -0.3 is 15.3 Å². The Bertz CT molecular complexity index is 570. The van der Waals surface area contributed by atoms with Crippen LogP contribution in [0.1, 0.15) is 39.2 Å². The molecule has 0 bridgehead atoms. The number of amides is 2. The van der Waals surface area contributed by atoms with E-state index in [0.29, 0.717) is 26.1 Å². The van der Waals surface area contributed by atoms with Crippen LogP contribution in [0, 0.1) is 5.41 Å². The van der Waals surface area contributed by atoms with E-state index in [-0.39, 0.29) is 18.2 Å². The van der Waals surface area contributed by atoms with Gasteiger partial charge in [0.2, 0.25) is 11.8 Å². The lowest BCUT2D eigenvalue weighted by Crippen LogP contribution is -2.35. The number of hydrogen-bond acceptors (Lipinski definition) is 3. The molecular weight excluding hydrogens is 308 g/mol. The summed E-state index contributed by atoms with van der Waals surface area (Å²) in [7, 11) is 0. The fraction of sp³-hybridized carbons (Fsp3) is 0.500. The summed E-state index contributed by atoms with van der Waals surface area (Å²) in [6.07, 6.45) is 0.550. The van der Waals surface area contributed by atoms with Gasteiger partial charge >= 0.3 is 5.97 Å². The van der Waals surface area contributed by atoms with E-state index in [0.717, 1.165) is 5.56 Å². The van der Waals surface area contributed by atoms with E-state index >= 15 is 0 Å². The SMILES string of the molecule is CC(=O)N(CCC(=O)NCCC(C)(C)C(=O)O)Cc1ccccc1. The standard InChI is InChI=1S/C18H26N2O4/c1-14(21)20(13-15-7-5-4-6-8-15)12-9-16(22)19-11-10-18(2,3)17(23)24/h4-8H,9-13H2,1-3H3,(H,19,22)(H,23,24). The van der Waals surface area contributed by atoms with Crippen LogP contribution in [0.5, 0.6) is 0 Å². The number of carbonyl (C=O) groups is 3. The number of benzene rings is 1. The van der Waals surface area contributed by atoms with Crippen molar-refractivity contribution in [3.8, 4) is 0 Å². The van der Waals surface area contributed by atoms with Gasteiger partial charge in [-0.2, -0.15) is 0 Å². The second-order valence-electron chi connectivity index (χ2n) is 6.47. The quantitative estimate of drug-likeness (QED) is 0.723. The Kier molecular flexibility index (Phi) is 7.42. The predicted octanol–water partition coefficient (Wildman–Crippen LogP) is 2.04. The molecule has 0 fully saturated rings. The number of aliphatic carboxylic acids is 1. The molecule has 0 spiro atoms. The summed E-state index contributed by atoms with van der Waals surface area (Å²) in [5, 5.41) is 11.7. The lowest BCUT2D eigenvalue weighted by Gasteiger charge is -2.21. The number of carboxylic acids is 1. The highest BCUT2D eigenvalue weighted by atomic mass is 16.4. The van der Waals surface area contributed by atoms with Gasteiger partial charge in [0.25, 0.3) is 0 Å². The minimum Gasteiger partial charge on any atom is -0.481 e. The highest BCUT2D eigenvalue weighted by Gasteiger charge is 2.26. The average Bonchev–Trinajstić information content (AvgIpc) is 2.51. The van der Waals surface area contributed by atoms with E-state index in [4.69, 9.17) is 5.11 Å². The Morgan fingerprint density at radius 1 is 1.17 bits per heavy atom. The molecule has 1 aromatic rings. The number of hydrogen-bond donors (Lipinski definition) is 2. The van der Waals surface area contributed by atoms with Crippen molar-refractivity contribution in [2.75, 3.05) is 13.1 Å². The zero-order valence-corrected chi connectivity index (χ0v) is 14.5. The maximum absolute atomic E-state index is 11.9. The van der Waals surface area contributed by atoms with Crippen molar-refractivity contribution in [1.29, 1.82) is 0 Å². The Morgan fingerprint density at radius 3 is 2.33 bits per heavy atom. The maximum atomic E-state index is 11.9. The fourth-order valence-electron chi connectivity index (χ4n) is 2.10. The highest BCUT2D eigenvalue weighted by molar-refractivity contribution is 5.78. The number of rotatable bonds is 9. The summed E-state index contributed by atoms with van der Waals surface area (Å²) in [4.78, 5) is 36.2. The van der Waals surface area contributed by atoms with Crippen molar-refractivity contribution in [1.82, 2.24) is 10.2 Å². The van der Waals surface area contributed by atoms with Crippen LogP contribution in [-0.2, 0) is 20.9 Å². The lowest BCUT2D eigenvalue weighted by molar-refractivity contribution is -0.147. The molecule has 0 aliphatic heterocycles. The van der Waals surface area contributed by atoms with E-state index < -0.39 is 11.4 Å². The van der Waals surface area contributed by atoms with E-state index in [1.54, 1.807) is 18.7 Å². The van der Waals surface area contributed by atoms with Gasteiger partial charge in [0.1, 0.15) is 0 Å². The van der Waals surface area contributed by atoms with Gasteiger partial charge in [-0.25, -0.2) is 0 Å². The van der Waals surface area contributed by atoms with Crippen molar-refractivity contribution in [2.45, 2.75) is 40.2 Å². The molecule has 0 aliphatic carbocycles. The van der Waals surface area contributed by atoms with Crippen molar-refractivity contribution >= 4 is 17.8 Å². The van der Waals surface area contributed by atoms with Crippen LogP contribution in [0.4, 0.5) is 0 Å². The van der Waals surface area contributed by atoms with Crippen LogP contribution >= 0.6 is 0 Å². The average molecular weight is 334 g/mol.